The van der Waals surface area contributed by atoms with Gasteiger partial charge in [0.25, 0.3) is 0 Å². The van der Waals surface area contributed by atoms with Gasteiger partial charge in [0.05, 0.1) is 6.10 Å². The molecule has 1 saturated carbocycles. The third kappa shape index (κ3) is 2.93. The molecule has 78 valence electrons. The third-order valence-corrected chi connectivity index (χ3v) is 3.17. The number of aliphatic hydroxyl groups excluding tert-OH is 2. The smallest absolute Gasteiger partial charge is 0.0570 e. The molecule has 0 aromatic heterocycles. The van der Waals surface area contributed by atoms with Crippen LogP contribution in [0.25, 0.3) is 0 Å². The Morgan fingerprint density at radius 3 is 2.46 bits per heavy atom. The zero-order chi connectivity index (χ0) is 9.90. The lowest BCUT2D eigenvalue weighted by atomic mass is 9.85. The largest absolute Gasteiger partial charge is 0.396 e. The molecule has 0 radical (unpaired) electrons. The normalized spacial score (nSPS) is 32.3. The average Bonchev–Trinajstić information content (AvgIpc) is 2.10. The minimum Gasteiger partial charge on any atom is -0.396 e. The summed E-state index contributed by atoms with van der Waals surface area (Å²) in [5.41, 5.74) is 0.000538. The van der Waals surface area contributed by atoms with Crippen molar-refractivity contribution < 1.29 is 10.2 Å². The average molecular weight is 187 g/mol. The van der Waals surface area contributed by atoms with Crippen molar-refractivity contribution in [3.8, 4) is 0 Å². The summed E-state index contributed by atoms with van der Waals surface area (Å²) >= 11 is 0. The molecule has 3 nitrogen and oxygen atoms in total. The van der Waals surface area contributed by atoms with Crippen LogP contribution in [0.3, 0.4) is 0 Å². The number of aliphatic hydroxyl groups is 2. The van der Waals surface area contributed by atoms with Gasteiger partial charge in [0.2, 0.25) is 0 Å². The maximum Gasteiger partial charge on any atom is 0.0570 e. The minimum absolute atomic E-state index is 0.000538. The first-order valence-electron chi connectivity index (χ1n) is 5.12. The van der Waals surface area contributed by atoms with Crippen molar-refractivity contribution >= 4 is 0 Å². The number of hydrogen-bond donors (Lipinski definition) is 3. The Morgan fingerprint density at radius 1 is 1.46 bits per heavy atom. The summed E-state index contributed by atoms with van der Waals surface area (Å²) in [4.78, 5) is 0. The second kappa shape index (κ2) is 4.40. The second-order valence-electron chi connectivity index (χ2n) is 4.53. The van der Waals surface area contributed by atoms with Crippen LogP contribution in [0.2, 0.25) is 0 Å². The summed E-state index contributed by atoms with van der Waals surface area (Å²) in [5.74, 6) is 0. The van der Waals surface area contributed by atoms with E-state index < -0.39 is 0 Å². The van der Waals surface area contributed by atoms with E-state index in [4.69, 9.17) is 10.2 Å². The van der Waals surface area contributed by atoms with Crippen molar-refractivity contribution in [1.29, 1.82) is 0 Å². The first-order chi connectivity index (χ1) is 6.09. The first-order valence-corrected chi connectivity index (χ1v) is 5.12. The molecule has 0 aromatic carbocycles. The van der Waals surface area contributed by atoms with Gasteiger partial charge >= 0.3 is 0 Å². The monoisotopic (exact) mass is 187 g/mol. The minimum atomic E-state index is -0.0977. The Hall–Kier alpha value is -0.120. The molecule has 3 heteroatoms. The van der Waals surface area contributed by atoms with Gasteiger partial charge in [-0.1, -0.05) is 13.8 Å². The van der Waals surface area contributed by atoms with Gasteiger partial charge in [-0.15, -0.1) is 0 Å². The maximum absolute atomic E-state index is 9.15. The van der Waals surface area contributed by atoms with Crippen LogP contribution in [-0.2, 0) is 0 Å². The standard InChI is InChI=1S/C10H21NO2/c1-3-10(2,7-12)6-11-8-4-9(13)5-8/h8-9,11-13H,3-7H2,1-2H3. The molecule has 1 aliphatic carbocycles. The second-order valence-corrected chi connectivity index (χ2v) is 4.53. The van der Waals surface area contributed by atoms with Crippen molar-refractivity contribution in [2.75, 3.05) is 13.2 Å². The molecule has 1 aliphatic rings. The highest BCUT2D eigenvalue weighted by atomic mass is 16.3. The quantitative estimate of drug-likeness (QED) is 0.588. The third-order valence-electron chi connectivity index (χ3n) is 3.17. The van der Waals surface area contributed by atoms with Crippen LogP contribution >= 0.6 is 0 Å². The zero-order valence-corrected chi connectivity index (χ0v) is 8.58. The summed E-state index contributed by atoms with van der Waals surface area (Å²) in [7, 11) is 0. The topological polar surface area (TPSA) is 52.5 Å². The van der Waals surface area contributed by atoms with Crippen LogP contribution in [0.5, 0.6) is 0 Å². The van der Waals surface area contributed by atoms with E-state index >= 15 is 0 Å². The van der Waals surface area contributed by atoms with E-state index in [1.165, 1.54) is 0 Å². The summed E-state index contributed by atoms with van der Waals surface area (Å²) in [6.07, 6.45) is 2.61. The van der Waals surface area contributed by atoms with Crippen LogP contribution in [0, 0.1) is 5.41 Å². The van der Waals surface area contributed by atoms with Crippen LogP contribution in [-0.4, -0.2) is 35.5 Å². The number of nitrogens with one attached hydrogen (secondary N) is 1. The molecule has 0 amide bonds. The van der Waals surface area contributed by atoms with Crippen molar-refractivity contribution in [1.82, 2.24) is 5.32 Å². The predicted octanol–water partition coefficient (Wildman–Crippen LogP) is 0.508. The van der Waals surface area contributed by atoms with Gasteiger partial charge in [0, 0.05) is 24.6 Å². The highest BCUT2D eigenvalue weighted by Crippen LogP contribution is 2.23. The molecule has 1 atom stereocenters. The van der Waals surface area contributed by atoms with Crippen molar-refractivity contribution in [3.05, 3.63) is 0 Å². The van der Waals surface area contributed by atoms with Gasteiger partial charge in [-0.2, -0.15) is 0 Å². The van der Waals surface area contributed by atoms with Crippen molar-refractivity contribution in [2.24, 2.45) is 5.41 Å². The number of rotatable bonds is 5. The number of hydrogen-bond acceptors (Lipinski definition) is 3. The van der Waals surface area contributed by atoms with Gasteiger partial charge < -0.3 is 15.5 Å². The summed E-state index contributed by atoms with van der Waals surface area (Å²) in [5, 5.41) is 21.6. The highest BCUT2D eigenvalue weighted by Gasteiger charge is 2.29. The van der Waals surface area contributed by atoms with Crippen LogP contribution in [0.1, 0.15) is 33.1 Å². The van der Waals surface area contributed by atoms with Crippen LogP contribution in [0.15, 0.2) is 0 Å². The predicted molar refractivity (Wildman–Crippen MR) is 52.5 cm³/mol. The molecule has 0 saturated heterocycles. The van der Waals surface area contributed by atoms with Crippen LogP contribution in [0.4, 0.5) is 0 Å². The molecule has 0 spiro atoms. The fraction of sp³-hybridized carbons (Fsp3) is 1.00. The zero-order valence-electron chi connectivity index (χ0n) is 8.58. The van der Waals surface area contributed by atoms with E-state index in [-0.39, 0.29) is 18.1 Å². The fourth-order valence-electron chi connectivity index (χ4n) is 1.44. The molecule has 1 rings (SSSR count). The van der Waals surface area contributed by atoms with Gasteiger partial charge in [-0.3, -0.25) is 0 Å². The molecular formula is C10H21NO2. The Morgan fingerprint density at radius 2 is 2.08 bits per heavy atom. The molecule has 0 heterocycles. The fourth-order valence-corrected chi connectivity index (χ4v) is 1.44. The maximum atomic E-state index is 9.15. The van der Waals surface area contributed by atoms with Gasteiger partial charge in [0.15, 0.2) is 0 Å². The molecule has 1 unspecified atom stereocenters. The van der Waals surface area contributed by atoms with E-state index in [9.17, 15) is 0 Å². The molecule has 1 fully saturated rings. The molecule has 3 N–H and O–H groups in total. The molecule has 13 heavy (non-hydrogen) atoms. The summed E-state index contributed by atoms with van der Waals surface area (Å²) < 4.78 is 0. The summed E-state index contributed by atoms with van der Waals surface area (Å²) in [6, 6.07) is 0.465. The highest BCUT2D eigenvalue weighted by molar-refractivity contribution is 4.86. The SMILES string of the molecule is CCC(C)(CO)CNC1CC(O)C1. The van der Waals surface area contributed by atoms with E-state index in [1.807, 2.05) is 0 Å². The van der Waals surface area contributed by atoms with E-state index in [0.717, 1.165) is 25.8 Å². The van der Waals surface area contributed by atoms with Crippen LogP contribution < -0.4 is 5.32 Å². The van der Waals surface area contributed by atoms with E-state index in [1.54, 1.807) is 0 Å². The summed E-state index contributed by atoms with van der Waals surface area (Å²) in [6.45, 7) is 5.24. The van der Waals surface area contributed by atoms with Gasteiger partial charge in [-0.05, 0) is 19.3 Å². The first kappa shape index (κ1) is 11.0. The molecule has 0 aliphatic heterocycles. The van der Waals surface area contributed by atoms with Crippen molar-refractivity contribution in [2.45, 2.75) is 45.3 Å². The Labute approximate surface area is 80.2 Å². The Kier molecular flexibility index (Phi) is 3.71. The molecule has 0 bridgehead atoms. The van der Waals surface area contributed by atoms with Crippen molar-refractivity contribution in [3.63, 3.8) is 0 Å². The lowest BCUT2D eigenvalue weighted by Crippen LogP contribution is -2.48. The Balaban J connectivity index is 2.17. The van der Waals surface area contributed by atoms with E-state index in [0.29, 0.717) is 6.04 Å². The van der Waals surface area contributed by atoms with Gasteiger partial charge in [0.1, 0.15) is 0 Å². The lowest BCUT2D eigenvalue weighted by molar-refractivity contribution is 0.0513. The Bertz CT molecular complexity index is 151. The molecule has 0 aromatic rings. The van der Waals surface area contributed by atoms with E-state index in [2.05, 4.69) is 19.2 Å². The van der Waals surface area contributed by atoms with Gasteiger partial charge in [-0.25, -0.2) is 0 Å². The lowest BCUT2D eigenvalue weighted by Gasteiger charge is -2.36. The molecular weight excluding hydrogens is 166 g/mol.